The van der Waals surface area contributed by atoms with Crippen LogP contribution in [0, 0.1) is 32.6 Å². The number of carbonyl (C=O) groups is 5. The van der Waals surface area contributed by atoms with Crippen molar-refractivity contribution >= 4 is 104 Å². The Labute approximate surface area is 655 Å². The van der Waals surface area contributed by atoms with Gasteiger partial charge >= 0.3 is 11.9 Å². The molecule has 6 heterocycles. The molecule has 3 fully saturated rings. The maximum atomic E-state index is 13.5. The molecule has 20 nitrogen and oxygen atoms in total. The first-order chi connectivity index (χ1) is 51.8. The molecule has 3 spiro atoms. The van der Waals surface area contributed by atoms with Gasteiger partial charge in [-0.05, 0) is 159 Å². The Kier molecular flexibility index (Phi) is 23.8. The standard InChI is InChI=1S/C28H34O5Si.C27H34O6Si.C23H23NO6.C9H8O2.CH4.B.H2/c1-17(11-13-29)21-16-30-25-23(21)18(2)19-8-9-22-20(10-12-28(22)31-14-15-32-28)24(19)26(25)33-34(6,7)27(3,4)5;1-8-29-25(28)19-15-30-23-21(19)16(2)17-9-10-20-18(11-12-27(20)31-13-14-32-27)22(17)24(23)33-34(6,7)26(3,4)5;1-4-27-19(25)8-5-14(2)16-6-7-18-17(9-10-23(18)29-11-12-30-23)20(16)21(26)22-15(3)24-13-28-22;10-8-3-1-2-6-7(8)4-5-9(6)11;;;/h8-9,13,16H,1,10-12,14-15H2,2-7H3;9-10,15H,8,11-14H2,1-7H3;6-7,13-14H,4,9-12H2,1-3H3;1-3,10H,4-5H2;1H4;;1H/i;;;;;;1+1. The van der Waals surface area contributed by atoms with Gasteiger partial charge in [-0.3, -0.25) is 9.59 Å². The van der Waals surface area contributed by atoms with Crippen LogP contribution in [0.3, 0.4) is 0 Å². The lowest BCUT2D eigenvalue weighted by atomic mass is 9.87. The Morgan fingerprint density at radius 1 is 0.640 bits per heavy atom. The van der Waals surface area contributed by atoms with Crippen molar-refractivity contribution in [3.05, 3.63) is 169 Å². The number of esters is 2. The third-order valence-electron chi connectivity index (χ3n) is 23.5. The lowest BCUT2D eigenvalue weighted by Crippen LogP contribution is -2.44. The summed E-state index contributed by atoms with van der Waals surface area (Å²) >= 11 is 0. The molecule has 3 aliphatic heterocycles. The fraction of sp³-hybridized carbons (Fsp3) is 0.455. The lowest BCUT2D eigenvalue weighted by Gasteiger charge is -2.37. The molecule has 587 valence electrons. The number of fused-ring (bicyclic) bond motifs is 13. The number of Topliss-reactive ketones (excluding diaryl/α,β-unsaturated/α-hetero) is 1. The first kappa shape index (κ1) is 83.0. The van der Waals surface area contributed by atoms with E-state index in [2.05, 4.69) is 122 Å². The summed E-state index contributed by atoms with van der Waals surface area (Å²) in [6, 6.07) is 17.5. The molecule has 0 saturated carbocycles. The number of hydrogen-bond donors (Lipinski definition) is 1. The molecule has 1 atom stereocenters. The number of nitrogens with zero attached hydrogens (tertiary/aromatic N) is 1. The maximum Gasteiger partial charge on any atom is 0.384 e. The summed E-state index contributed by atoms with van der Waals surface area (Å²) in [6.45, 7) is 41.8. The molecular weight excluding hydrogens is 1440 g/mol. The molecule has 23 heteroatoms. The van der Waals surface area contributed by atoms with Crippen LogP contribution in [-0.4, -0.2) is 118 Å². The number of carbonyl (C=O) groups excluding carboxylic acids is 5. The van der Waals surface area contributed by atoms with Gasteiger partial charge in [-0.1, -0.05) is 110 Å². The Hall–Kier alpha value is -8.96. The molecular formula is C88H105BNO19Si2. The van der Waals surface area contributed by atoms with Crippen molar-refractivity contribution in [2.45, 2.75) is 208 Å². The second-order valence-corrected chi connectivity index (χ2v) is 41.5. The predicted octanol–water partition coefficient (Wildman–Crippen LogP) is 18.7. The van der Waals surface area contributed by atoms with Gasteiger partial charge < -0.3 is 69.9 Å². The zero-order valence-electron chi connectivity index (χ0n) is 66.1. The van der Waals surface area contributed by atoms with Gasteiger partial charge in [0.15, 0.2) is 58.0 Å². The number of ketones is 2. The van der Waals surface area contributed by atoms with Crippen molar-refractivity contribution in [3.8, 4) is 29.1 Å². The van der Waals surface area contributed by atoms with E-state index in [9.17, 15) is 29.1 Å². The van der Waals surface area contributed by atoms with Crippen molar-refractivity contribution < 1.29 is 90.5 Å². The average molecular weight is 1550 g/mol. The molecule has 1 N–H and O–H groups in total. The maximum absolute atomic E-state index is 13.5. The van der Waals surface area contributed by atoms with Gasteiger partial charge in [0.2, 0.25) is 5.78 Å². The van der Waals surface area contributed by atoms with Gasteiger partial charge in [0.05, 0.1) is 64.8 Å². The van der Waals surface area contributed by atoms with E-state index in [4.69, 9.17) is 60.0 Å². The van der Waals surface area contributed by atoms with Crippen LogP contribution in [0.2, 0.25) is 36.3 Å². The molecule has 16 rings (SSSR count). The van der Waals surface area contributed by atoms with Crippen LogP contribution in [0.4, 0.5) is 0 Å². The van der Waals surface area contributed by atoms with Gasteiger partial charge in [0.1, 0.15) is 23.9 Å². The zero-order valence-corrected chi connectivity index (χ0v) is 68.1. The average Bonchev–Trinajstić information content (AvgIpc) is 1.54. The molecule has 7 aliphatic rings. The van der Waals surface area contributed by atoms with Gasteiger partial charge in [-0.2, -0.15) is 0 Å². The summed E-state index contributed by atoms with van der Waals surface area (Å²) in [6.07, 6.45) is 11.5. The summed E-state index contributed by atoms with van der Waals surface area (Å²) in [5.74, 6) is 3.85. The Morgan fingerprint density at radius 2 is 1.11 bits per heavy atom. The number of allylic oxidation sites excluding steroid dienone is 1. The number of hydrogen-bond acceptors (Lipinski definition) is 20. The molecule has 1 unspecified atom stereocenters. The van der Waals surface area contributed by atoms with E-state index in [0.717, 1.165) is 137 Å². The van der Waals surface area contributed by atoms with Crippen LogP contribution in [0.1, 0.15) is 213 Å². The highest BCUT2D eigenvalue weighted by Crippen LogP contribution is 2.56. The molecule has 3 aromatic heterocycles. The number of aryl methyl sites for hydroxylation is 5. The minimum absolute atomic E-state index is 0. The largest absolute Gasteiger partial charge is 0.541 e. The van der Waals surface area contributed by atoms with Crippen LogP contribution in [0.15, 0.2) is 93.3 Å². The number of aldehydes is 1. The number of oxazole rings is 1. The first-order valence-electron chi connectivity index (χ1n) is 37.9. The van der Waals surface area contributed by atoms with E-state index in [-0.39, 0.29) is 75.3 Å². The van der Waals surface area contributed by atoms with Crippen LogP contribution in [0.5, 0.6) is 17.2 Å². The van der Waals surface area contributed by atoms with Crippen LogP contribution < -0.4 is 8.85 Å². The topological polar surface area (TPSA) is 250 Å². The van der Waals surface area contributed by atoms with Gasteiger partial charge in [-0.25, -0.2) is 14.6 Å². The number of phenols is 1. The van der Waals surface area contributed by atoms with Crippen LogP contribution >= 0.6 is 0 Å². The van der Waals surface area contributed by atoms with Crippen molar-refractivity contribution in [2.75, 3.05) is 52.9 Å². The van der Waals surface area contributed by atoms with Gasteiger partial charge in [0.25, 0.3) is 16.6 Å². The van der Waals surface area contributed by atoms with Crippen molar-refractivity contribution in [2.24, 2.45) is 0 Å². The summed E-state index contributed by atoms with van der Waals surface area (Å²) < 4.78 is 78.3. The third-order valence-corrected chi connectivity index (χ3v) is 32.1. The molecule has 6 aromatic carbocycles. The van der Waals surface area contributed by atoms with Crippen LogP contribution in [0.25, 0.3) is 49.1 Å². The summed E-state index contributed by atoms with van der Waals surface area (Å²) in [5.41, 5.74) is 15.1. The molecule has 4 aliphatic carbocycles. The monoisotopic (exact) mass is 1550 g/mol. The number of furan rings is 2. The fourth-order valence-electron chi connectivity index (χ4n) is 15.8. The van der Waals surface area contributed by atoms with E-state index in [1.54, 1.807) is 45.2 Å². The van der Waals surface area contributed by atoms with E-state index in [1.165, 1.54) is 23.8 Å². The Bertz CT molecular complexity index is 5210. The highest BCUT2D eigenvalue weighted by atomic mass is 28.4. The molecule has 0 bridgehead atoms. The number of aromatic nitrogens is 1. The van der Waals surface area contributed by atoms with E-state index in [1.807, 2.05) is 26.0 Å². The minimum atomic E-state index is -2.24. The molecule has 3 radical (unpaired) electrons. The third kappa shape index (κ3) is 14.9. The van der Waals surface area contributed by atoms with Gasteiger partial charge in [0, 0.05) is 114 Å². The Balaban J connectivity index is 0.000000165. The first-order valence-corrected chi connectivity index (χ1v) is 43.7. The normalized spacial score (nSPS) is 17.0. The smallest absolute Gasteiger partial charge is 0.384 e. The zero-order chi connectivity index (χ0) is 78.1. The predicted molar refractivity (Wildman–Crippen MR) is 433 cm³/mol. The quantitative estimate of drug-likeness (QED) is 0.0281. The number of aromatic hydroxyl groups is 1. The number of rotatable bonds is 13. The van der Waals surface area contributed by atoms with Crippen LogP contribution in [-0.2, 0) is 90.5 Å². The number of ether oxygens (including phenoxy) is 8. The molecule has 9 aromatic rings. The summed E-state index contributed by atoms with van der Waals surface area (Å²) in [4.78, 5) is 64.3. The second kappa shape index (κ2) is 31.9. The highest BCUT2D eigenvalue weighted by molar-refractivity contribution is 6.75. The van der Waals surface area contributed by atoms with Gasteiger partial charge in [-0.15, -0.1) is 0 Å². The van der Waals surface area contributed by atoms with E-state index < -0.39 is 40.0 Å². The fourth-order valence-corrected chi connectivity index (χ4v) is 17.8. The molecule has 111 heavy (non-hydrogen) atoms. The molecule has 0 amide bonds. The van der Waals surface area contributed by atoms with Crippen molar-refractivity contribution in [1.82, 2.24) is 4.98 Å². The number of benzene rings is 6. The Morgan fingerprint density at radius 3 is 1.57 bits per heavy atom. The SMILES string of the molecule is C.C=C(CC=O)c1coc2c(O[Si](C)(C)C(C)(C)C)c3c4c(ccc3c(C)c12)C1(CC4)OCCO1.CCOC(=O)C#CC(C)c1ccc2c(c1C(=O)c1ocnc1C)CCC21OCCO1.CCOC(=O)c1coc2c(O[Si](C)(C)C(C)(C)C)c3c4c(ccc3c(C)c12)C1(CC4)OCCO1.O=C1CCc2c(O)cccc21.[2HH].[B]. The van der Waals surface area contributed by atoms with Crippen molar-refractivity contribution in [3.63, 3.8) is 0 Å². The second-order valence-electron chi connectivity index (χ2n) is 32.0. The minimum Gasteiger partial charge on any atom is -0.541 e. The summed E-state index contributed by atoms with van der Waals surface area (Å²) in [7, 11) is -4.45. The number of phenolic OH excluding ortho intramolecular Hbond substituents is 1. The van der Waals surface area contributed by atoms with E-state index >= 15 is 0 Å². The lowest BCUT2D eigenvalue weighted by molar-refractivity contribution is -0.163. The van der Waals surface area contributed by atoms with Crippen molar-refractivity contribution in [1.29, 1.82) is 0 Å². The molecule has 3 saturated heterocycles. The van der Waals surface area contributed by atoms with E-state index in [0.29, 0.717) is 99.9 Å². The highest BCUT2D eigenvalue weighted by Gasteiger charge is 2.50. The summed E-state index contributed by atoms with van der Waals surface area (Å²) in [5, 5.41) is 15.4.